The number of carboxylic acids is 1. The molecule has 4 bridgehead atoms. The van der Waals surface area contributed by atoms with Gasteiger partial charge < -0.3 is 87.3 Å². The molecule has 1 aromatic heterocycles. The summed E-state index contributed by atoms with van der Waals surface area (Å²) in [4.78, 5) is 125. The highest BCUT2D eigenvalue weighted by molar-refractivity contribution is 7.93. The summed E-state index contributed by atoms with van der Waals surface area (Å²) in [6.45, 7) is 6.26. The molecule has 6 aromatic rings. The Bertz CT molecular complexity index is 4360. The maximum absolute atomic E-state index is 15.2. The van der Waals surface area contributed by atoms with Crippen molar-refractivity contribution in [3.63, 3.8) is 0 Å². The standard InChI is InChI=1S/C69H85F2N15O18S2/c1-6-22-73-67(94)80-49-12-10-14-53(37-49)106(98,99)84-50-13-9-11-45(34-50)56(39-61(89)90)82-69(96)79-48-18-16-47(17-19-48)78-68(95)74-23-27-101-29-31-102-30-28-100-26-21-60(88)76-42(2)65(93)86(4)43(3)63(91)81-57(38-59(72)87)64(92)85-105(5,97)41-44-32-51-36-52(33-44)103-24-7-8-25-104-58-35-46(70)15-20-54(58)62-55(71)40-75-66(77-51)83-62/h9-20,32-37,40,42-43,56-57,84H,6-8,21-31,38-39,41H2,1-5H3,(H2,72,87)(H,76,88)(H,81,91)(H,89,90)(H2,73,80,94)(H2,74,78,95)(H,75,77,83)(H2,79,82,96)/t42-,43-,56+,57-,105-/m0/s1. The Morgan fingerprint density at radius 3 is 2.05 bits per heavy atom. The van der Waals surface area contributed by atoms with Crippen molar-refractivity contribution in [1.29, 1.82) is 0 Å². The number of ether oxygens (including phenoxy) is 5. The minimum Gasteiger partial charge on any atom is -0.494 e. The van der Waals surface area contributed by atoms with Gasteiger partial charge in [-0.05, 0) is 123 Å². The van der Waals surface area contributed by atoms with Gasteiger partial charge in [0, 0.05) is 78.9 Å². The van der Waals surface area contributed by atoms with Crippen LogP contribution in [-0.2, 0) is 68.5 Å². The van der Waals surface area contributed by atoms with Gasteiger partial charge >= 0.3 is 24.1 Å². The molecule has 13 N–H and O–H groups in total. The third-order valence-electron chi connectivity index (χ3n) is 15.3. The van der Waals surface area contributed by atoms with Crippen molar-refractivity contribution in [2.24, 2.45) is 10.1 Å². The number of hydrogen-bond donors (Lipinski definition) is 12. The summed E-state index contributed by atoms with van der Waals surface area (Å²) < 4.78 is 105. The monoisotopic (exact) mass is 1510 g/mol. The third kappa shape index (κ3) is 27.2. The smallest absolute Gasteiger partial charge is 0.319 e. The fourth-order valence-electron chi connectivity index (χ4n) is 10.1. The zero-order valence-electron chi connectivity index (χ0n) is 58.6. The molecule has 106 heavy (non-hydrogen) atoms. The van der Waals surface area contributed by atoms with E-state index in [1.165, 1.54) is 106 Å². The van der Waals surface area contributed by atoms with Gasteiger partial charge in [-0.3, -0.25) is 33.5 Å². The van der Waals surface area contributed by atoms with Crippen molar-refractivity contribution in [2.45, 2.75) is 94.1 Å². The second-order valence-corrected chi connectivity index (χ2v) is 28.1. The maximum atomic E-state index is 15.2. The van der Waals surface area contributed by atoms with E-state index < -0.39 is 122 Å². The molecule has 0 spiro atoms. The molecule has 570 valence electrons. The summed E-state index contributed by atoms with van der Waals surface area (Å²) in [6, 6.07) is 18.8. The second kappa shape index (κ2) is 40.2. The summed E-state index contributed by atoms with van der Waals surface area (Å²) >= 11 is 0. The summed E-state index contributed by atoms with van der Waals surface area (Å²) in [6.07, 6.45) is 2.36. The van der Waals surface area contributed by atoms with Crippen molar-refractivity contribution >= 4 is 108 Å². The van der Waals surface area contributed by atoms with E-state index >= 15 is 4.39 Å². The quantitative estimate of drug-likeness (QED) is 0.0192. The first-order valence-electron chi connectivity index (χ1n) is 33.4. The summed E-state index contributed by atoms with van der Waals surface area (Å²) in [5, 5.41) is 33.3. The number of hydrogen-bond acceptors (Lipinski definition) is 20. The molecule has 5 atom stereocenters. The van der Waals surface area contributed by atoms with Gasteiger partial charge in [0.05, 0.1) is 98.3 Å². The van der Waals surface area contributed by atoms with Crippen LogP contribution in [0.4, 0.5) is 57.5 Å². The van der Waals surface area contributed by atoms with Crippen LogP contribution in [0.15, 0.2) is 125 Å². The number of carbonyl (C=O) groups is 9. The van der Waals surface area contributed by atoms with Crippen LogP contribution in [0.1, 0.15) is 76.5 Å². The Morgan fingerprint density at radius 1 is 0.717 bits per heavy atom. The van der Waals surface area contributed by atoms with Gasteiger partial charge in [0.1, 0.15) is 41.1 Å². The number of urea groups is 3. The number of benzene rings is 5. The molecule has 0 radical (unpaired) electrons. The number of aliphatic carboxylic acids is 1. The number of nitrogens with zero attached hydrogens (tertiary/aromatic N) is 4. The van der Waals surface area contributed by atoms with Gasteiger partial charge in [0.15, 0.2) is 5.82 Å². The Labute approximate surface area is 610 Å². The number of amides is 11. The number of rotatable bonds is 34. The second-order valence-electron chi connectivity index (χ2n) is 24.0. The highest BCUT2D eigenvalue weighted by Crippen LogP contribution is 2.34. The lowest BCUT2D eigenvalue weighted by molar-refractivity contribution is -0.141. The summed E-state index contributed by atoms with van der Waals surface area (Å²) in [7, 11) is -6.40. The van der Waals surface area contributed by atoms with E-state index in [4.69, 9.17) is 29.4 Å². The number of carbonyl (C=O) groups excluding carboxylic acids is 8. The van der Waals surface area contributed by atoms with Crippen molar-refractivity contribution in [3.05, 3.63) is 138 Å². The van der Waals surface area contributed by atoms with Crippen LogP contribution in [0.25, 0.3) is 11.3 Å². The number of halogens is 2. The molecule has 1 aliphatic heterocycles. The van der Waals surface area contributed by atoms with Gasteiger partial charge in [-0.25, -0.2) is 45.8 Å². The van der Waals surface area contributed by atoms with Gasteiger partial charge in [-0.2, -0.15) is 4.36 Å². The van der Waals surface area contributed by atoms with E-state index in [9.17, 15) is 65.3 Å². The number of aromatic nitrogens is 2. The summed E-state index contributed by atoms with van der Waals surface area (Å²) in [5.41, 5.74) is 7.40. The van der Waals surface area contributed by atoms with Gasteiger partial charge in [-0.1, -0.05) is 25.1 Å². The van der Waals surface area contributed by atoms with Crippen LogP contribution >= 0.6 is 0 Å². The average molecular weight is 1510 g/mol. The first-order valence-corrected chi connectivity index (χ1v) is 36.9. The number of primary amides is 1. The molecule has 0 fully saturated rings. The fraction of sp³-hybridized carbons (Fsp3) is 0.377. The van der Waals surface area contributed by atoms with E-state index in [2.05, 4.69) is 66.9 Å². The zero-order chi connectivity index (χ0) is 76.9. The number of anilines is 6. The topological polar surface area (TPSA) is 459 Å². The zero-order valence-corrected chi connectivity index (χ0v) is 60.3. The number of nitrogens with one attached hydrogen (secondary N) is 10. The van der Waals surface area contributed by atoms with E-state index in [1.807, 2.05) is 6.92 Å². The molecule has 33 nitrogen and oxygen atoms in total. The van der Waals surface area contributed by atoms with Crippen LogP contribution in [0.5, 0.6) is 11.5 Å². The van der Waals surface area contributed by atoms with Crippen molar-refractivity contribution < 1.29 is 93.3 Å². The molecule has 0 aliphatic carbocycles. The van der Waals surface area contributed by atoms with Crippen LogP contribution in [0, 0.1) is 11.6 Å². The number of sulfonamides is 1. The molecule has 37 heteroatoms. The molecule has 5 aromatic carbocycles. The van der Waals surface area contributed by atoms with E-state index in [-0.39, 0.29) is 116 Å². The lowest BCUT2D eigenvalue weighted by atomic mass is 10.0. The largest absolute Gasteiger partial charge is 0.494 e. The lowest BCUT2D eigenvalue weighted by Crippen LogP contribution is -2.55. The lowest BCUT2D eigenvalue weighted by Gasteiger charge is -2.28. The first kappa shape index (κ1) is 82.1. The number of fused-ring (bicyclic) bond motifs is 6. The van der Waals surface area contributed by atoms with Crippen LogP contribution in [-0.4, -0.2) is 184 Å². The fourth-order valence-corrected chi connectivity index (χ4v) is 12.5. The van der Waals surface area contributed by atoms with E-state index in [1.54, 1.807) is 18.2 Å². The maximum Gasteiger partial charge on any atom is 0.319 e. The molecular weight excluding hydrogens is 1430 g/mol. The highest BCUT2D eigenvalue weighted by Gasteiger charge is 2.32. The molecular formula is C69H85F2N15O18S2. The number of carboxylic acid groups (broad SMARTS) is 1. The van der Waals surface area contributed by atoms with Gasteiger partial charge in [-0.15, -0.1) is 0 Å². The first-order chi connectivity index (χ1) is 50.5. The highest BCUT2D eigenvalue weighted by atomic mass is 32.2. The molecule has 11 amide bonds. The molecule has 7 rings (SSSR count). The summed E-state index contributed by atoms with van der Waals surface area (Å²) in [5.74, 6) is -6.95. The van der Waals surface area contributed by atoms with Crippen molar-refractivity contribution in [1.82, 2.24) is 41.5 Å². The van der Waals surface area contributed by atoms with Crippen LogP contribution in [0.2, 0.25) is 0 Å². The third-order valence-corrected chi connectivity index (χ3v) is 18.2. The Hall–Kier alpha value is -11.2. The normalized spacial score (nSPS) is 13.6. The van der Waals surface area contributed by atoms with E-state index in [0.29, 0.717) is 54.2 Å². The minimum absolute atomic E-state index is 0.0319. The average Bonchev–Trinajstić information content (AvgIpc) is 0.844. The molecule has 2 heterocycles. The molecule has 0 saturated carbocycles. The number of likely N-dealkylation sites (N-methyl/N-ethyl adjacent to an activating group) is 1. The molecule has 0 unspecified atom stereocenters. The SMILES string of the molecule is CCCNC(=O)Nc1cccc(S(=O)(=O)Nc2cccc([C@@H](CC(=O)O)NC(=O)Nc3ccc(NC(=O)NCCOCCOCCOCCC(=O)N[C@@H](C)C(=O)N(C)[C@@H](C)C(=O)N[C@@H](CC(N)=O)C(=O)N=[S@@](C)(=O)Cc4cc5cc(c4)OCCCCOc4cc(F)ccc4-c4nc(ncc4F)N5)cc3)c2)c1. The Morgan fingerprint density at radius 2 is 1.36 bits per heavy atom. The van der Waals surface area contributed by atoms with Gasteiger partial charge in [0.25, 0.3) is 15.9 Å². The molecule has 0 saturated heterocycles. The van der Waals surface area contributed by atoms with Crippen LogP contribution in [0.3, 0.4) is 0 Å². The van der Waals surface area contributed by atoms with Crippen molar-refractivity contribution in [2.75, 3.05) is 105 Å². The predicted octanol–water partition coefficient (Wildman–Crippen LogP) is 6.48. The Kier molecular flexibility index (Phi) is 31.2. The van der Waals surface area contributed by atoms with Gasteiger partial charge in [0.2, 0.25) is 29.6 Å². The van der Waals surface area contributed by atoms with E-state index in [0.717, 1.165) is 23.2 Å². The van der Waals surface area contributed by atoms with Crippen LogP contribution < -0.4 is 67.8 Å². The minimum atomic E-state index is -4.19. The molecule has 1 aliphatic rings. The van der Waals surface area contributed by atoms with Crippen molar-refractivity contribution in [3.8, 4) is 22.8 Å². The Balaban J connectivity index is 0.758. The predicted molar refractivity (Wildman–Crippen MR) is 387 cm³/mol. The number of nitrogens with two attached hydrogens (primary N) is 1.